The summed E-state index contributed by atoms with van der Waals surface area (Å²) in [6.45, 7) is 10.0. The lowest BCUT2D eigenvalue weighted by Gasteiger charge is -2.30. The Morgan fingerprint density at radius 1 is 1.09 bits per heavy atom. The molecule has 3 rings (SSSR count). The second-order valence-corrected chi connectivity index (χ2v) is 8.17. The predicted molar refractivity (Wildman–Crippen MR) is 127 cm³/mol. The van der Waals surface area contributed by atoms with Gasteiger partial charge in [0.15, 0.2) is 0 Å². The molecule has 0 saturated heterocycles. The second kappa shape index (κ2) is 11.9. The topological polar surface area (TPSA) is 59.8 Å². The molecule has 2 atom stereocenters. The average molecular weight is 456 g/mol. The summed E-state index contributed by atoms with van der Waals surface area (Å²) in [5.41, 5.74) is 2.63. The van der Waals surface area contributed by atoms with Gasteiger partial charge in [-0.15, -0.1) is 0 Å². The number of hydrogen-bond donors (Lipinski definition) is 1. The van der Waals surface area contributed by atoms with Gasteiger partial charge in [-0.05, 0) is 63.6 Å². The van der Waals surface area contributed by atoms with E-state index in [0.29, 0.717) is 37.9 Å². The van der Waals surface area contributed by atoms with Crippen LogP contribution in [0.2, 0.25) is 0 Å². The highest BCUT2D eigenvalue weighted by Gasteiger charge is 2.24. The van der Waals surface area contributed by atoms with E-state index in [1.165, 1.54) is 12.1 Å². The molecule has 1 aromatic heterocycles. The number of rotatable bonds is 12. The second-order valence-electron chi connectivity index (χ2n) is 8.17. The van der Waals surface area contributed by atoms with Crippen LogP contribution in [0.3, 0.4) is 0 Å². The fourth-order valence-corrected chi connectivity index (χ4v) is 3.62. The van der Waals surface area contributed by atoms with Crippen molar-refractivity contribution in [3.8, 4) is 17.3 Å². The van der Waals surface area contributed by atoms with Crippen LogP contribution in [0.5, 0.6) is 11.6 Å². The highest BCUT2D eigenvalue weighted by molar-refractivity contribution is 5.43. The van der Waals surface area contributed by atoms with E-state index in [1.807, 2.05) is 44.2 Å². The molecule has 0 spiro atoms. The van der Waals surface area contributed by atoms with Gasteiger partial charge in [0.25, 0.3) is 0 Å². The van der Waals surface area contributed by atoms with Crippen LogP contribution < -0.4 is 4.74 Å². The first-order valence-electron chi connectivity index (χ1n) is 11.5. The van der Waals surface area contributed by atoms with Gasteiger partial charge in [-0.25, -0.2) is 9.07 Å². The highest BCUT2D eigenvalue weighted by Crippen LogP contribution is 2.32. The zero-order chi connectivity index (χ0) is 23.8. The smallest absolute Gasteiger partial charge is 0.227 e. The molecule has 1 heterocycles. The van der Waals surface area contributed by atoms with Crippen LogP contribution >= 0.6 is 0 Å². The molecule has 0 aliphatic rings. The Kier molecular flexibility index (Phi) is 9.00. The first kappa shape index (κ1) is 24.9. The molecule has 2 aromatic carbocycles. The Labute approximate surface area is 195 Å². The fraction of sp³-hybridized carbons (Fsp3) is 0.423. The zero-order valence-corrected chi connectivity index (χ0v) is 19.9. The normalized spacial score (nSPS) is 13.3. The molecule has 33 heavy (non-hydrogen) atoms. The molecular weight excluding hydrogens is 421 g/mol. The highest BCUT2D eigenvalue weighted by atomic mass is 19.1. The van der Waals surface area contributed by atoms with Crippen LogP contribution in [0.15, 0.2) is 54.6 Å². The summed E-state index contributed by atoms with van der Waals surface area (Å²) in [7, 11) is 0. The van der Waals surface area contributed by atoms with Gasteiger partial charge < -0.3 is 14.6 Å². The molecule has 178 valence electrons. The van der Waals surface area contributed by atoms with E-state index in [1.54, 1.807) is 16.8 Å². The van der Waals surface area contributed by atoms with Crippen LogP contribution in [-0.2, 0) is 11.3 Å². The summed E-state index contributed by atoms with van der Waals surface area (Å²) in [5.74, 6) is 0.792. The number of aryl methyl sites for hydroxylation is 1. The Morgan fingerprint density at radius 2 is 1.79 bits per heavy atom. The van der Waals surface area contributed by atoms with Gasteiger partial charge in [-0.3, -0.25) is 4.90 Å². The lowest BCUT2D eigenvalue weighted by atomic mass is 10.1. The van der Waals surface area contributed by atoms with Crippen molar-refractivity contribution in [3.05, 3.63) is 71.7 Å². The third-order valence-corrected chi connectivity index (χ3v) is 5.70. The molecule has 7 heteroatoms. The minimum absolute atomic E-state index is 0.236. The maximum absolute atomic E-state index is 13.4. The summed E-state index contributed by atoms with van der Waals surface area (Å²) in [6, 6.07) is 16.0. The van der Waals surface area contributed by atoms with E-state index in [9.17, 15) is 9.50 Å². The quantitative estimate of drug-likeness (QED) is 0.411. The van der Waals surface area contributed by atoms with E-state index in [-0.39, 0.29) is 11.9 Å². The Morgan fingerprint density at radius 3 is 2.42 bits per heavy atom. The number of para-hydroxylation sites is 1. The number of halogens is 1. The number of aliphatic hydroxyl groups excluding tert-OH is 1. The van der Waals surface area contributed by atoms with Gasteiger partial charge in [0.2, 0.25) is 5.88 Å². The first-order valence-corrected chi connectivity index (χ1v) is 11.5. The standard InChI is InChI=1S/C26H34FN3O3/c1-5-19(3)29(16-23(31)18-32-6-2)17-25-20(4)28-30(22-10-8-7-9-11-22)26(25)33-24-14-12-21(27)13-15-24/h7-15,19,23,31H,5-6,16-18H2,1-4H3. The molecule has 0 saturated carbocycles. The molecule has 6 nitrogen and oxygen atoms in total. The molecule has 0 bridgehead atoms. The molecule has 2 unspecified atom stereocenters. The van der Waals surface area contributed by atoms with E-state index in [2.05, 4.69) is 18.7 Å². The molecule has 3 aromatic rings. The number of nitrogens with zero attached hydrogens (tertiary/aromatic N) is 3. The van der Waals surface area contributed by atoms with Crippen LogP contribution in [0, 0.1) is 12.7 Å². The minimum Gasteiger partial charge on any atom is -0.439 e. The third kappa shape index (κ3) is 6.63. The number of benzene rings is 2. The van der Waals surface area contributed by atoms with Gasteiger partial charge in [-0.1, -0.05) is 25.1 Å². The fourth-order valence-electron chi connectivity index (χ4n) is 3.62. The molecular formula is C26H34FN3O3. The van der Waals surface area contributed by atoms with E-state index in [0.717, 1.165) is 23.4 Å². The van der Waals surface area contributed by atoms with E-state index < -0.39 is 6.10 Å². The SMILES string of the molecule is CCOCC(O)CN(Cc1c(C)nn(-c2ccccc2)c1Oc1ccc(F)cc1)C(C)CC. The van der Waals surface area contributed by atoms with Crippen LogP contribution in [0.1, 0.15) is 38.4 Å². The summed E-state index contributed by atoms with van der Waals surface area (Å²) in [4.78, 5) is 2.22. The molecule has 0 aliphatic carbocycles. The summed E-state index contributed by atoms with van der Waals surface area (Å²) < 4.78 is 26.9. The zero-order valence-electron chi connectivity index (χ0n) is 19.9. The van der Waals surface area contributed by atoms with Crippen LogP contribution in [0.4, 0.5) is 4.39 Å². The van der Waals surface area contributed by atoms with Crippen molar-refractivity contribution in [2.75, 3.05) is 19.8 Å². The van der Waals surface area contributed by atoms with Crippen molar-refractivity contribution in [1.82, 2.24) is 14.7 Å². The minimum atomic E-state index is -0.593. The lowest BCUT2D eigenvalue weighted by Crippen LogP contribution is -2.40. The van der Waals surface area contributed by atoms with Gasteiger partial charge in [0, 0.05) is 25.7 Å². The number of hydrogen-bond acceptors (Lipinski definition) is 5. The van der Waals surface area contributed by atoms with E-state index in [4.69, 9.17) is 14.6 Å². The number of ether oxygens (including phenoxy) is 2. The molecule has 0 radical (unpaired) electrons. The summed E-state index contributed by atoms with van der Waals surface area (Å²) >= 11 is 0. The third-order valence-electron chi connectivity index (χ3n) is 5.70. The van der Waals surface area contributed by atoms with Crippen LogP contribution in [-0.4, -0.2) is 51.7 Å². The summed E-state index contributed by atoms with van der Waals surface area (Å²) in [6.07, 6.45) is 0.339. The Bertz CT molecular complexity index is 992. The Balaban J connectivity index is 1.97. The lowest BCUT2D eigenvalue weighted by molar-refractivity contribution is 0.0111. The number of aliphatic hydroxyl groups is 1. The van der Waals surface area contributed by atoms with Gasteiger partial charge >= 0.3 is 0 Å². The van der Waals surface area contributed by atoms with Gasteiger partial charge in [0.05, 0.1) is 29.7 Å². The maximum Gasteiger partial charge on any atom is 0.227 e. The van der Waals surface area contributed by atoms with Gasteiger partial charge in [-0.2, -0.15) is 5.10 Å². The van der Waals surface area contributed by atoms with Gasteiger partial charge in [0.1, 0.15) is 11.6 Å². The van der Waals surface area contributed by atoms with Crippen molar-refractivity contribution in [1.29, 1.82) is 0 Å². The van der Waals surface area contributed by atoms with Crippen molar-refractivity contribution in [3.63, 3.8) is 0 Å². The van der Waals surface area contributed by atoms with Crippen molar-refractivity contribution >= 4 is 0 Å². The van der Waals surface area contributed by atoms with E-state index >= 15 is 0 Å². The first-order chi connectivity index (χ1) is 15.9. The van der Waals surface area contributed by atoms with Crippen LogP contribution in [0.25, 0.3) is 5.69 Å². The average Bonchev–Trinajstić information content (AvgIpc) is 3.13. The summed E-state index contributed by atoms with van der Waals surface area (Å²) in [5, 5.41) is 15.3. The van der Waals surface area contributed by atoms with Crippen molar-refractivity contribution < 1.29 is 19.0 Å². The molecule has 1 N–H and O–H groups in total. The van der Waals surface area contributed by atoms with Crippen molar-refractivity contribution in [2.45, 2.75) is 52.8 Å². The molecule has 0 fully saturated rings. The number of aromatic nitrogens is 2. The monoisotopic (exact) mass is 455 g/mol. The Hall–Kier alpha value is -2.74. The molecule has 0 aliphatic heterocycles. The van der Waals surface area contributed by atoms with Crippen molar-refractivity contribution in [2.24, 2.45) is 0 Å². The maximum atomic E-state index is 13.4. The largest absolute Gasteiger partial charge is 0.439 e. The molecule has 0 amide bonds. The predicted octanol–water partition coefficient (Wildman–Crippen LogP) is 5.11.